The van der Waals surface area contributed by atoms with Gasteiger partial charge in [0.05, 0.1) is 0 Å². The summed E-state index contributed by atoms with van der Waals surface area (Å²) in [6.45, 7) is 4.08. The molecule has 0 bridgehead atoms. The van der Waals surface area contributed by atoms with Crippen LogP contribution in [0.2, 0.25) is 0 Å². The number of benzene rings is 5. The van der Waals surface area contributed by atoms with E-state index in [-0.39, 0.29) is 5.82 Å². The van der Waals surface area contributed by atoms with Gasteiger partial charge in [0.15, 0.2) is 0 Å². The molecule has 0 nitrogen and oxygen atoms in total. The Kier molecular flexibility index (Phi) is 3.88. The van der Waals surface area contributed by atoms with Gasteiger partial charge in [-0.1, -0.05) is 84.9 Å². The van der Waals surface area contributed by atoms with Gasteiger partial charge in [0.2, 0.25) is 0 Å². The summed E-state index contributed by atoms with van der Waals surface area (Å²) < 4.78 is 14.8. The second-order valence-corrected chi connectivity index (χ2v) is 8.34. The van der Waals surface area contributed by atoms with Crippen LogP contribution in [-0.4, -0.2) is 0 Å². The van der Waals surface area contributed by atoms with E-state index in [0.29, 0.717) is 5.56 Å². The molecule has 0 atom stereocenters. The van der Waals surface area contributed by atoms with Gasteiger partial charge in [-0.25, -0.2) is 4.39 Å². The Morgan fingerprint density at radius 2 is 1.06 bits per heavy atom. The highest BCUT2D eigenvalue weighted by molar-refractivity contribution is 6.18. The molecule has 0 heterocycles. The molecule has 0 aliphatic heterocycles. The van der Waals surface area contributed by atoms with E-state index in [1.54, 1.807) is 12.1 Å². The van der Waals surface area contributed by atoms with Crippen molar-refractivity contribution in [2.45, 2.75) is 13.8 Å². The van der Waals surface area contributed by atoms with E-state index in [2.05, 4.69) is 67.6 Å². The standard InChI is InChI=1S/C30H21F/c1-18-8-5-15-28(31)29(18)21-12-6-11-20(19(21)2)24-16-17-27-23-10-4-3-9-22(23)25-13-7-14-26(24)30(25)27/h3-17H,1-2H3. The predicted octanol–water partition coefficient (Wildman–Crippen LogP) is 8.58. The van der Waals surface area contributed by atoms with Gasteiger partial charge in [-0.2, -0.15) is 0 Å². The molecule has 1 aliphatic carbocycles. The lowest BCUT2D eigenvalue weighted by Gasteiger charge is -2.16. The van der Waals surface area contributed by atoms with E-state index >= 15 is 0 Å². The molecule has 5 aromatic rings. The fraction of sp³-hybridized carbons (Fsp3) is 0.0667. The second-order valence-electron chi connectivity index (χ2n) is 8.34. The Hall–Kier alpha value is -3.71. The zero-order valence-corrected chi connectivity index (χ0v) is 17.5. The van der Waals surface area contributed by atoms with E-state index in [1.807, 2.05) is 25.1 Å². The van der Waals surface area contributed by atoms with Gasteiger partial charge in [-0.05, 0) is 80.8 Å². The lowest BCUT2D eigenvalue weighted by Crippen LogP contribution is -1.94. The Balaban J connectivity index is 1.63. The zero-order chi connectivity index (χ0) is 21.1. The van der Waals surface area contributed by atoms with E-state index < -0.39 is 0 Å². The number of hydrogen-bond donors (Lipinski definition) is 0. The molecule has 0 spiro atoms. The third-order valence-electron chi connectivity index (χ3n) is 6.66. The molecule has 6 rings (SSSR count). The molecule has 0 aromatic heterocycles. The van der Waals surface area contributed by atoms with Gasteiger partial charge in [-0.3, -0.25) is 0 Å². The van der Waals surface area contributed by atoms with Crippen LogP contribution in [0.1, 0.15) is 11.1 Å². The lowest BCUT2D eigenvalue weighted by atomic mass is 9.88. The molecule has 1 aliphatic rings. The van der Waals surface area contributed by atoms with Crippen molar-refractivity contribution in [2.24, 2.45) is 0 Å². The summed E-state index contributed by atoms with van der Waals surface area (Å²) >= 11 is 0. The first-order valence-corrected chi connectivity index (χ1v) is 10.7. The molecule has 1 heteroatoms. The van der Waals surface area contributed by atoms with Crippen LogP contribution in [0.3, 0.4) is 0 Å². The van der Waals surface area contributed by atoms with Gasteiger partial charge in [0, 0.05) is 5.56 Å². The highest BCUT2D eigenvalue weighted by Gasteiger charge is 2.23. The van der Waals surface area contributed by atoms with Crippen molar-refractivity contribution in [1.29, 1.82) is 0 Å². The minimum Gasteiger partial charge on any atom is -0.206 e. The number of fused-ring (bicyclic) bond motifs is 3. The van der Waals surface area contributed by atoms with Gasteiger partial charge >= 0.3 is 0 Å². The average Bonchev–Trinajstić information content (AvgIpc) is 3.11. The van der Waals surface area contributed by atoms with Crippen molar-refractivity contribution in [1.82, 2.24) is 0 Å². The van der Waals surface area contributed by atoms with Crippen LogP contribution in [0.4, 0.5) is 4.39 Å². The Morgan fingerprint density at radius 1 is 0.484 bits per heavy atom. The maximum atomic E-state index is 14.8. The van der Waals surface area contributed by atoms with Gasteiger partial charge in [-0.15, -0.1) is 0 Å². The third kappa shape index (κ3) is 2.53. The maximum Gasteiger partial charge on any atom is 0.131 e. The fourth-order valence-electron chi connectivity index (χ4n) is 5.21. The minimum absolute atomic E-state index is 0.170. The van der Waals surface area contributed by atoms with Crippen LogP contribution in [0.15, 0.2) is 91.0 Å². The Morgan fingerprint density at radius 3 is 1.84 bits per heavy atom. The third-order valence-corrected chi connectivity index (χ3v) is 6.66. The van der Waals surface area contributed by atoms with Gasteiger partial charge in [0.1, 0.15) is 5.82 Å². The summed E-state index contributed by atoms with van der Waals surface area (Å²) in [6.07, 6.45) is 0. The SMILES string of the molecule is Cc1cccc(F)c1-c1cccc(-c2ccc3c4c(cccc24)-c2ccccc2-3)c1C. The molecular weight excluding hydrogens is 379 g/mol. The summed E-state index contributed by atoms with van der Waals surface area (Å²) in [5, 5.41) is 2.56. The van der Waals surface area contributed by atoms with Gasteiger partial charge < -0.3 is 0 Å². The number of aryl methyl sites for hydroxylation is 1. The lowest BCUT2D eigenvalue weighted by molar-refractivity contribution is 0.630. The van der Waals surface area contributed by atoms with Crippen molar-refractivity contribution in [2.75, 3.05) is 0 Å². The highest BCUT2D eigenvalue weighted by Crippen LogP contribution is 2.49. The maximum absolute atomic E-state index is 14.8. The topological polar surface area (TPSA) is 0 Å². The van der Waals surface area contributed by atoms with Gasteiger partial charge in [0.25, 0.3) is 0 Å². The van der Waals surface area contributed by atoms with Crippen molar-refractivity contribution in [3.8, 4) is 44.5 Å². The first kappa shape index (κ1) is 18.1. The summed E-state index contributed by atoms with van der Waals surface area (Å²) in [7, 11) is 0. The van der Waals surface area contributed by atoms with E-state index in [0.717, 1.165) is 22.3 Å². The van der Waals surface area contributed by atoms with Crippen LogP contribution < -0.4 is 0 Å². The van der Waals surface area contributed by atoms with E-state index in [4.69, 9.17) is 0 Å². The molecule has 148 valence electrons. The first-order chi connectivity index (χ1) is 15.1. The molecule has 0 saturated carbocycles. The van der Waals surface area contributed by atoms with Crippen molar-refractivity contribution < 1.29 is 4.39 Å². The Labute approximate surface area is 181 Å². The van der Waals surface area contributed by atoms with E-state index in [9.17, 15) is 4.39 Å². The fourth-order valence-corrected chi connectivity index (χ4v) is 5.21. The number of rotatable bonds is 2. The van der Waals surface area contributed by atoms with E-state index in [1.165, 1.54) is 38.6 Å². The van der Waals surface area contributed by atoms with Crippen LogP contribution in [0.5, 0.6) is 0 Å². The molecule has 0 saturated heterocycles. The molecule has 0 unspecified atom stereocenters. The second kappa shape index (κ2) is 6.65. The van der Waals surface area contributed by atoms with Crippen LogP contribution in [-0.2, 0) is 0 Å². The molecule has 0 N–H and O–H groups in total. The predicted molar refractivity (Wildman–Crippen MR) is 129 cm³/mol. The molecule has 0 fully saturated rings. The summed E-state index contributed by atoms with van der Waals surface area (Å²) in [5.41, 5.74) is 11.2. The molecule has 5 aromatic carbocycles. The largest absolute Gasteiger partial charge is 0.206 e. The smallest absolute Gasteiger partial charge is 0.131 e. The summed E-state index contributed by atoms with van der Waals surface area (Å²) in [5.74, 6) is -0.170. The summed E-state index contributed by atoms with van der Waals surface area (Å²) in [6, 6.07) is 31.2. The van der Waals surface area contributed by atoms with Crippen LogP contribution >= 0.6 is 0 Å². The molecule has 0 radical (unpaired) electrons. The molecular formula is C30H21F. The number of halogens is 1. The zero-order valence-electron chi connectivity index (χ0n) is 17.5. The average molecular weight is 400 g/mol. The van der Waals surface area contributed by atoms with Crippen LogP contribution in [0, 0.1) is 19.7 Å². The van der Waals surface area contributed by atoms with Crippen molar-refractivity contribution in [3.05, 3.63) is 108 Å². The quantitative estimate of drug-likeness (QED) is 0.273. The normalized spacial score (nSPS) is 11.7. The monoisotopic (exact) mass is 400 g/mol. The highest BCUT2D eigenvalue weighted by atomic mass is 19.1. The number of hydrogen-bond acceptors (Lipinski definition) is 0. The summed E-state index contributed by atoms with van der Waals surface area (Å²) in [4.78, 5) is 0. The Bertz CT molecular complexity index is 1460. The molecule has 31 heavy (non-hydrogen) atoms. The van der Waals surface area contributed by atoms with Crippen molar-refractivity contribution in [3.63, 3.8) is 0 Å². The van der Waals surface area contributed by atoms with Crippen molar-refractivity contribution >= 4 is 10.8 Å². The van der Waals surface area contributed by atoms with Crippen LogP contribution in [0.25, 0.3) is 55.3 Å². The first-order valence-electron chi connectivity index (χ1n) is 10.7. The minimum atomic E-state index is -0.170. The molecule has 0 amide bonds.